The van der Waals surface area contributed by atoms with Crippen LogP contribution in [-0.4, -0.2) is 23.3 Å². The van der Waals surface area contributed by atoms with Gasteiger partial charge < -0.3 is 9.84 Å². The summed E-state index contributed by atoms with van der Waals surface area (Å²) in [5.74, 6) is -6.25. The Morgan fingerprint density at radius 2 is 1.91 bits per heavy atom. The molecule has 0 radical (unpaired) electrons. The zero-order valence-electron chi connectivity index (χ0n) is 11.8. The van der Waals surface area contributed by atoms with E-state index >= 15 is 0 Å². The number of H-pyrrole nitrogens is 2. The first kappa shape index (κ1) is 15.9. The van der Waals surface area contributed by atoms with Crippen molar-refractivity contribution in [1.82, 2.24) is 10.2 Å². The van der Waals surface area contributed by atoms with E-state index in [0.717, 1.165) is 19.2 Å². The highest BCUT2D eigenvalue weighted by atomic mass is 19.2. The van der Waals surface area contributed by atoms with Gasteiger partial charge in [-0.05, 0) is 18.6 Å². The highest BCUT2D eigenvalue weighted by Gasteiger charge is 2.28. The maximum Gasteiger partial charge on any atom is 0.306 e. The lowest BCUT2D eigenvalue weighted by Crippen LogP contribution is -2.19. The normalized spacial score (nSPS) is 12.2. The van der Waals surface area contributed by atoms with Crippen LogP contribution < -0.4 is 5.56 Å². The summed E-state index contributed by atoms with van der Waals surface area (Å²) in [6, 6.07) is 1.75. The predicted octanol–water partition coefficient (Wildman–Crippen LogP) is 2.12. The first-order valence-electron chi connectivity index (χ1n) is 6.34. The molecule has 0 aliphatic carbocycles. The monoisotopic (exact) mass is 314 g/mol. The summed E-state index contributed by atoms with van der Waals surface area (Å²) >= 11 is 0. The Morgan fingerprint density at radius 3 is 2.45 bits per heavy atom. The Labute approximate surface area is 123 Å². The molecule has 0 aliphatic rings. The molecule has 1 aromatic carbocycles. The summed E-state index contributed by atoms with van der Waals surface area (Å²) in [6.45, 7) is 1.54. The maximum atomic E-state index is 14.0. The van der Waals surface area contributed by atoms with Gasteiger partial charge in [-0.2, -0.15) is 0 Å². The highest BCUT2D eigenvalue weighted by molar-refractivity contribution is 5.71. The van der Waals surface area contributed by atoms with Crippen LogP contribution in [0, 0.1) is 24.4 Å². The van der Waals surface area contributed by atoms with Crippen molar-refractivity contribution in [3.63, 3.8) is 0 Å². The lowest BCUT2D eigenvalue weighted by molar-refractivity contribution is -0.140. The molecule has 0 saturated carbocycles. The van der Waals surface area contributed by atoms with Crippen LogP contribution >= 0.6 is 0 Å². The number of halogens is 3. The molecule has 22 heavy (non-hydrogen) atoms. The van der Waals surface area contributed by atoms with Crippen molar-refractivity contribution in [1.29, 1.82) is 0 Å². The third kappa shape index (κ3) is 2.76. The molecule has 0 amide bonds. The number of carbonyl (C=O) groups is 1. The molecule has 5 nitrogen and oxygen atoms in total. The summed E-state index contributed by atoms with van der Waals surface area (Å²) in [7, 11) is 1.13. The van der Waals surface area contributed by atoms with Gasteiger partial charge in [0.15, 0.2) is 17.5 Å². The molecule has 2 N–H and O–H groups in total. The van der Waals surface area contributed by atoms with E-state index in [9.17, 15) is 22.8 Å². The van der Waals surface area contributed by atoms with E-state index in [4.69, 9.17) is 0 Å². The van der Waals surface area contributed by atoms with Gasteiger partial charge in [-0.1, -0.05) is 6.07 Å². The number of hydrogen-bond acceptors (Lipinski definition) is 3. The Balaban J connectivity index is 2.62. The van der Waals surface area contributed by atoms with E-state index in [1.54, 1.807) is 0 Å². The summed E-state index contributed by atoms with van der Waals surface area (Å²) in [4.78, 5) is 23.4. The van der Waals surface area contributed by atoms with E-state index < -0.39 is 34.9 Å². The summed E-state index contributed by atoms with van der Waals surface area (Å²) in [6.07, 6.45) is -0.389. The molecular formula is C14H13F3N2O3. The fraction of sp³-hybridized carbons (Fsp3) is 0.286. The predicted molar refractivity (Wildman–Crippen MR) is 70.9 cm³/mol. The molecule has 0 spiro atoms. The fourth-order valence-electron chi connectivity index (χ4n) is 2.30. The van der Waals surface area contributed by atoms with E-state index in [0.29, 0.717) is 5.69 Å². The molecule has 1 aromatic heterocycles. The zero-order valence-corrected chi connectivity index (χ0v) is 11.8. The minimum atomic E-state index is -1.66. The van der Waals surface area contributed by atoms with Crippen molar-refractivity contribution in [2.75, 3.05) is 7.11 Å². The van der Waals surface area contributed by atoms with E-state index in [2.05, 4.69) is 14.9 Å². The average molecular weight is 314 g/mol. The third-order valence-electron chi connectivity index (χ3n) is 3.40. The van der Waals surface area contributed by atoms with Crippen molar-refractivity contribution in [3.8, 4) is 0 Å². The molecule has 0 fully saturated rings. The number of aromatic amines is 2. The van der Waals surface area contributed by atoms with Crippen LogP contribution in [-0.2, 0) is 9.53 Å². The van der Waals surface area contributed by atoms with E-state index in [1.807, 2.05) is 0 Å². The second-order valence-corrected chi connectivity index (χ2v) is 4.72. The molecule has 2 aromatic rings. The van der Waals surface area contributed by atoms with Gasteiger partial charge >= 0.3 is 5.97 Å². The molecule has 0 aliphatic heterocycles. The van der Waals surface area contributed by atoms with Crippen LogP contribution in [0.15, 0.2) is 16.9 Å². The second kappa shape index (κ2) is 6.08. The van der Waals surface area contributed by atoms with Crippen molar-refractivity contribution in [2.24, 2.45) is 0 Å². The minimum Gasteiger partial charge on any atom is -0.469 e. The van der Waals surface area contributed by atoms with Crippen LogP contribution in [0.25, 0.3) is 0 Å². The molecule has 0 saturated heterocycles. The summed E-state index contributed by atoms with van der Waals surface area (Å²) in [5, 5.41) is 4.84. The van der Waals surface area contributed by atoms with E-state index in [1.165, 1.54) is 6.92 Å². The van der Waals surface area contributed by atoms with Gasteiger partial charge in [-0.15, -0.1) is 0 Å². The number of methoxy groups -OCH3 is 1. The lowest BCUT2D eigenvalue weighted by Gasteiger charge is -2.16. The largest absolute Gasteiger partial charge is 0.469 e. The van der Waals surface area contributed by atoms with Crippen molar-refractivity contribution < 1.29 is 22.7 Å². The van der Waals surface area contributed by atoms with Gasteiger partial charge in [-0.25, -0.2) is 13.2 Å². The smallest absolute Gasteiger partial charge is 0.306 e. The average Bonchev–Trinajstić information content (AvgIpc) is 2.82. The number of aryl methyl sites for hydroxylation is 1. The number of rotatable bonds is 4. The van der Waals surface area contributed by atoms with Crippen molar-refractivity contribution in [2.45, 2.75) is 19.3 Å². The van der Waals surface area contributed by atoms with Crippen molar-refractivity contribution >= 4 is 5.97 Å². The van der Waals surface area contributed by atoms with Gasteiger partial charge in [0.2, 0.25) is 0 Å². The first-order chi connectivity index (χ1) is 10.4. The highest BCUT2D eigenvalue weighted by Crippen LogP contribution is 2.31. The number of hydrogen-bond donors (Lipinski definition) is 2. The Kier molecular flexibility index (Phi) is 4.39. The van der Waals surface area contributed by atoms with Crippen LogP contribution in [0.4, 0.5) is 13.2 Å². The Hall–Kier alpha value is -2.51. The maximum absolute atomic E-state index is 14.0. The van der Waals surface area contributed by atoms with Gasteiger partial charge in [0.25, 0.3) is 5.56 Å². The van der Waals surface area contributed by atoms with Crippen molar-refractivity contribution in [3.05, 3.63) is 56.8 Å². The fourth-order valence-corrected chi connectivity index (χ4v) is 2.30. The number of benzene rings is 1. The molecule has 118 valence electrons. The van der Waals surface area contributed by atoms with E-state index in [-0.39, 0.29) is 17.5 Å². The molecule has 0 bridgehead atoms. The Bertz CT molecular complexity index is 767. The van der Waals surface area contributed by atoms with Gasteiger partial charge in [0, 0.05) is 17.2 Å². The lowest BCUT2D eigenvalue weighted by atomic mass is 9.88. The number of aromatic nitrogens is 2. The number of carbonyl (C=O) groups excluding carboxylic acids is 1. The van der Waals surface area contributed by atoms with Crippen LogP contribution in [0.2, 0.25) is 0 Å². The van der Waals surface area contributed by atoms with Gasteiger partial charge in [0.1, 0.15) is 0 Å². The SMILES string of the molecule is COC(=O)C[C@@H](c1ccc(F)c(F)c1F)c1c(C)[nH][nH]c1=O. The van der Waals surface area contributed by atoms with Crippen LogP contribution in [0.5, 0.6) is 0 Å². The molecule has 1 heterocycles. The zero-order chi connectivity index (χ0) is 16.4. The molecule has 8 heteroatoms. The first-order valence-corrected chi connectivity index (χ1v) is 6.34. The number of nitrogens with one attached hydrogen (secondary N) is 2. The van der Waals surface area contributed by atoms with Gasteiger partial charge in [0.05, 0.1) is 13.5 Å². The number of ether oxygens (including phenoxy) is 1. The second-order valence-electron chi connectivity index (χ2n) is 4.72. The number of esters is 1. The minimum absolute atomic E-state index is 0.0651. The quantitative estimate of drug-likeness (QED) is 0.670. The summed E-state index contributed by atoms with van der Waals surface area (Å²) < 4.78 is 45.1. The van der Waals surface area contributed by atoms with Crippen LogP contribution in [0.3, 0.4) is 0 Å². The molecular weight excluding hydrogens is 301 g/mol. The Morgan fingerprint density at radius 1 is 1.23 bits per heavy atom. The van der Waals surface area contributed by atoms with Crippen LogP contribution in [0.1, 0.15) is 29.2 Å². The molecule has 2 rings (SSSR count). The standard InChI is InChI=1S/C14H13F3N2O3/c1-6-11(14(21)19-18-6)8(5-10(20)22-2)7-3-4-9(15)13(17)12(7)16/h3-4,8H,5H2,1-2H3,(H2,18,19,21)/t8-/m0/s1. The molecule has 1 atom stereocenters. The topological polar surface area (TPSA) is 75.0 Å². The summed E-state index contributed by atoms with van der Waals surface area (Å²) in [5.41, 5.74) is -0.439. The van der Waals surface area contributed by atoms with Gasteiger partial charge in [-0.3, -0.25) is 14.7 Å². The molecule has 0 unspecified atom stereocenters. The third-order valence-corrected chi connectivity index (χ3v) is 3.40.